The number of rotatable bonds is 7. The number of ether oxygens (including phenoxy) is 1. The summed E-state index contributed by atoms with van der Waals surface area (Å²) < 4.78 is 5.78. The van der Waals surface area contributed by atoms with Crippen molar-refractivity contribution in [3.05, 3.63) is 59.7 Å². The first kappa shape index (κ1) is 17.4. The lowest BCUT2D eigenvalue weighted by atomic mass is 10.1. The second-order valence-corrected chi connectivity index (χ2v) is 6.65. The lowest BCUT2D eigenvalue weighted by molar-refractivity contribution is -0.127. The molecule has 4 heteroatoms. The van der Waals surface area contributed by atoms with E-state index in [-0.39, 0.29) is 5.91 Å². The Morgan fingerprint density at radius 3 is 2.65 bits per heavy atom. The van der Waals surface area contributed by atoms with Crippen molar-refractivity contribution in [2.45, 2.75) is 31.8 Å². The summed E-state index contributed by atoms with van der Waals surface area (Å²) in [4.78, 5) is 13.3. The van der Waals surface area contributed by atoms with Crippen molar-refractivity contribution in [1.82, 2.24) is 5.32 Å². The summed E-state index contributed by atoms with van der Waals surface area (Å²) in [6.45, 7) is 6.40. The molecule has 23 heavy (non-hydrogen) atoms. The average Bonchev–Trinajstić information content (AvgIpc) is 2.55. The average molecular weight is 329 g/mol. The third-order valence-corrected chi connectivity index (χ3v) is 4.44. The van der Waals surface area contributed by atoms with E-state index in [4.69, 9.17) is 4.74 Å². The van der Waals surface area contributed by atoms with Gasteiger partial charge in [0.25, 0.3) is 5.91 Å². The van der Waals surface area contributed by atoms with Gasteiger partial charge in [-0.2, -0.15) is 0 Å². The van der Waals surface area contributed by atoms with Crippen LogP contribution in [-0.2, 0) is 4.79 Å². The highest BCUT2D eigenvalue weighted by Crippen LogP contribution is 2.20. The number of carbonyl (C=O) groups is 1. The lowest BCUT2D eigenvalue weighted by Crippen LogP contribution is -2.37. The molecule has 0 aromatic heterocycles. The van der Waals surface area contributed by atoms with Crippen molar-refractivity contribution in [3.8, 4) is 5.75 Å². The Balaban J connectivity index is 1.75. The van der Waals surface area contributed by atoms with Crippen LogP contribution in [-0.4, -0.2) is 24.3 Å². The number of amides is 1. The first-order valence-electron chi connectivity index (χ1n) is 7.76. The van der Waals surface area contributed by atoms with E-state index in [0.29, 0.717) is 6.54 Å². The molecule has 2 rings (SSSR count). The topological polar surface area (TPSA) is 38.3 Å². The monoisotopic (exact) mass is 329 g/mol. The molecule has 0 radical (unpaired) electrons. The highest BCUT2D eigenvalue weighted by Gasteiger charge is 2.15. The number of nitrogens with one attached hydrogen (secondary N) is 1. The second kappa shape index (κ2) is 8.63. The quantitative estimate of drug-likeness (QED) is 0.617. The first-order valence-corrected chi connectivity index (χ1v) is 8.74. The summed E-state index contributed by atoms with van der Waals surface area (Å²) in [5, 5.41) is 2.92. The minimum Gasteiger partial charge on any atom is -0.481 e. The number of thioether (sulfide) groups is 1. The van der Waals surface area contributed by atoms with Gasteiger partial charge in [-0.1, -0.05) is 30.3 Å². The molecule has 2 aromatic rings. The molecular weight excluding hydrogens is 306 g/mol. The fraction of sp³-hybridized carbons (Fsp3) is 0.316. The minimum absolute atomic E-state index is 0.0837. The van der Waals surface area contributed by atoms with Crippen LogP contribution in [0.5, 0.6) is 5.75 Å². The summed E-state index contributed by atoms with van der Waals surface area (Å²) in [5.41, 5.74) is 2.16. The van der Waals surface area contributed by atoms with Crippen LogP contribution in [0.4, 0.5) is 0 Å². The van der Waals surface area contributed by atoms with Gasteiger partial charge in [0.05, 0.1) is 0 Å². The number of aryl methyl sites for hydroxylation is 2. The summed E-state index contributed by atoms with van der Waals surface area (Å²) in [6.07, 6.45) is -0.503. The van der Waals surface area contributed by atoms with Crippen LogP contribution in [0, 0.1) is 13.8 Å². The fourth-order valence-electron chi connectivity index (χ4n) is 2.08. The van der Waals surface area contributed by atoms with Gasteiger partial charge in [0.15, 0.2) is 6.10 Å². The molecule has 1 N–H and O–H groups in total. The Labute approximate surface area is 142 Å². The zero-order valence-corrected chi connectivity index (χ0v) is 14.7. The summed E-state index contributed by atoms with van der Waals surface area (Å²) in [5.74, 6) is 1.53. The fourth-order valence-corrected chi connectivity index (χ4v) is 2.87. The number of hydrogen-bond donors (Lipinski definition) is 1. The molecule has 1 amide bonds. The maximum atomic E-state index is 12.1. The zero-order valence-electron chi connectivity index (χ0n) is 13.8. The van der Waals surface area contributed by atoms with E-state index in [1.165, 1.54) is 4.90 Å². The normalized spacial score (nSPS) is 11.8. The Morgan fingerprint density at radius 1 is 1.17 bits per heavy atom. The number of carbonyl (C=O) groups excluding carboxylic acids is 1. The summed E-state index contributed by atoms with van der Waals surface area (Å²) in [6, 6.07) is 16.2. The second-order valence-electron chi connectivity index (χ2n) is 5.48. The third-order valence-electron chi connectivity index (χ3n) is 3.43. The van der Waals surface area contributed by atoms with Crippen molar-refractivity contribution in [2.75, 3.05) is 12.3 Å². The molecule has 122 valence electrons. The third kappa shape index (κ3) is 5.64. The molecule has 0 bridgehead atoms. The van der Waals surface area contributed by atoms with E-state index in [1.54, 1.807) is 18.7 Å². The molecule has 0 spiro atoms. The molecule has 0 aliphatic rings. The minimum atomic E-state index is -0.503. The maximum absolute atomic E-state index is 12.1. The van der Waals surface area contributed by atoms with Gasteiger partial charge in [-0.15, -0.1) is 11.8 Å². The molecule has 1 atom stereocenters. The van der Waals surface area contributed by atoms with Gasteiger partial charge in [0.2, 0.25) is 0 Å². The highest BCUT2D eigenvalue weighted by molar-refractivity contribution is 7.99. The Hall–Kier alpha value is -1.94. The molecule has 0 fully saturated rings. The van der Waals surface area contributed by atoms with Crippen LogP contribution in [0.15, 0.2) is 53.4 Å². The predicted octanol–water partition coefficient (Wildman–Crippen LogP) is 3.98. The van der Waals surface area contributed by atoms with E-state index in [9.17, 15) is 4.79 Å². The Morgan fingerprint density at radius 2 is 1.91 bits per heavy atom. The SMILES string of the molecule is Cc1ccc(C)c(O[C@H](C)C(=O)NCCSc2ccccc2)c1. The van der Waals surface area contributed by atoms with Gasteiger partial charge >= 0.3 is 0 Å². The Bertz CT molecular complexity index is 643. The number of benzene rings is 2. The van der Waals surface area contributed by atoms with Gasteiger partial charge in [-0.25, -0.2) is 0 Å². The standard InChI is InChI=1S/C19H23NO2S/c1-14-9-10-15(2)18(13-14)22-16(3)19(21)20-11-12-23-17-7-5-4-6-8-17/h4-10,13,16H,11-12H2,1-3H3,(H,20,21)/t16-/m1/s1. The van der Waals surface area contributed by atoms with Crippen molar-refractivity contribution >= 4 is 17.7 Å². The van der Waals surface area contributed by atoms with Gasteiger partial charge in [-0.3, -0.25) is 4.79 Å². The van der Waals surface area contributed by atoms with Gasteiger partial charge < -0.3 is 10.1 Å². The van der Waals surface area contributed by atoms with E-state index in [2.05, 4.69) is 17.4 Å². The number of hydrogen-bond acceptors (Lipinski definition) is 3. The van der Waals surface area contributed by atoms with Crippen molar-refractivity contribution in [2.24, 2.45) is 0 Å². The lowest BCUT2D eigenvalue weighted by Gasteiger charge is -2.16. The zero-order chi connectivity index (χ0) is 16.7. The van der Waals surface area contributed by atoms with Crippen LogP contribution in [0.3, 0.4) is 0 Å². The van der Waals surface area contributed by atoms with E-state index < -0.39 is 6.10 Å². The van der Waals surface area contributed by atoms with Crippen LogP contribution >= 0.6 is 11.8 Å². The van der Waals surface area contributed by atoms with E-state index in [0.717, 1.165) is 22.6 Å². The van der Waals surface area contributed by atoms with Gasteiger partial charge in [0.1, 0.15) is 5.75 Å². The molecule has 2 aromatic carbocycles. The van der Waals surface area contributed by atoms with Gasteiger partial charge in [-0.05, 0) is 50.1 Å². The van der Waals surface area contributed by atoms with Crippen LogP contribution in [0.25, 0.3) is 0 Å². The van der Waals surface area contributed by atoms with Crippen molar-refractivity contribution in [3.63, 3.8) is 0 Å². The van der Waals surface area contributed by atoms with E-state index >= 15 is 0 Å². The highest BCUT2D eigenvalue weighted by atomic mass is 32.2. The smallest absolute Gasteiger partial charge is 0.260 e. The van der Waals surface area contributed by atoms with Gasteiger partial charge in [0, 0.05) is 17.2 Å². The molecular formula is C19H23NO2S. The summed E-state index contributed by atoms with van der Waals surface area (Å²) in [7, 11) is 0. The van der Waals surface area contributed by atoms with Crippen LogP contribution in [0.1, 0.15) is 18.1 Å². The van der Waals surface area contributed by atoms with Crippen LogP contribution < -0.4 is 10.1 Å². The maximum Gasteiger partial charge on any atom is 0.260 e. The van der Waals surface area contributed by atoms with Crippen molar-refractivity contribution in [1.29, 1.82) is 0 Å². The molecule has 3 nitrogen and oxygen atoms in total. The molecule has 0 saturated heterocycles. The molecule has 0 saturated carbocycles. The summed E-state index contributed by atoms with van der Waals surface area (Å²) >= 11 is 1.73. The first-order chi connectivity index (χ1) is 11.1. The molecule has 0 aliphatic carbocycles. The largest absolute Gasteiger partial charge is 0.481 e. The Kier molecular flexibility index (Phi) is 6.53. The van der Waals surface area contributed by atoms with Crippen LogP contribution in [0.2, 0.25) is 0 Å². The molecule has 0 unspecified atom stereocenters. The predicted molar refractivity (Wildman–Crippen MR) is 96.2 cm³/mol. The van der Waals surface area contributed by atoms with E-state index in [1.807, 2.05) is 50.2 Å². The molecule has 0 heterocycles. The van der Waals surface area contributed by atoms with Crippen molar-refractivity contribution < 1.29 is 9.53 Å². The molecule has 0 aliphatic heterocycles.